The van der Waals surface area contributed by atoms with E-state index < -0.39 is 18.3 Å². The first-order valence-electron chi connectivity index (χ1n) is 9.48. The number of hydrogen-bond acceptors (Lipinski definition) is 7. The number of hydrogen-bond donors (Lipinski definition) is 2. The molecule has 8 nitrogen and oxygen atoms in total. The van der Waals surface area contributed by atoms with E-state index in [1.807, 2.05) is 34.6 Å². The SMILES string of the molecule is CCO[I-](OCC)(OCC)SCCCNC(=O)NCCOC(=O)C(C)CC. The fourth-order valence-corrected chi connectivity index (χ4v) is 11.1. The van der Waals surface area contributed by atoms with Crippen molar-refractivity contribution in [1.29, 1.82) is 0 Å². The molecule has 0 aliphatic heterocycles. The molecule has 1 atom stereocenters. The van der Waals surface area contributed by atoms with Gasteiger partial charge in [0.1, 0.15) is 0 Å². The zero-order chi connectivity index (χ0) is 20.5. The minimum Gasteiger partial charge on any atom is -0.0646 e. The molecule has 0 bridgehead atoms. The summed E-state index contributed by atoms with van der Waals surface area (Å²) in [4.78, 5) is 23.2. The van der Waals surface area contributed by atoms with E-state index in [0.29, 0.717) is 32.9 Å². The molecule has 0 aromatic carbocycles. The third kappa shape index (κ3) is 12.7. The first kappa shape index (κ1) is 26.7. The van der Waals surface area contributed by atoms with Crippen LogP contribution in [0.4, 0.5) is 4.79 Å². The van der Waals surface area contributed by atoms with Gasteiger partial charge in [-0.1, -0.05) is 13.8 Å². The van der Waals surface area contributed by atoms with Crippen LogP contribution in [0, 0.1) is 5.92 Å². The molecule has 0 saturated carbocycles. The van der Waals surface area contributed by atoms with Crippen molar-refractivity contribution in [2.75, 3.05) is 45.3 Å². The third-order valence-electron chi connectivity index (χ3n) is 3.19. The van der Waals surface area contributed by atoms with Crippen LogP contribution in [0.3, 0.4) is 0 Å². The number of carbonyl (C=O) groups is 2. The zero-order valence-corrected chi connectivity index (χ0v) is 20.2. The minimum absolute atomic E-state index is 0.113. The summed E-state index contributed by atoms with van der Waals surface area (Å²) in [5.41, 5.74) is 0. The van der Waals surface area contributed by atoms with Gasteiger partial charge in [-0.2, -0.15) is 0 Å². The number of urea groups is 1. The van der Waals surface area contributed by atoms with Gasteiger partial charge in [-0.15, -0.1) is 0 Å². The molecule has 10 heteroatoms. The molecule has 1 unspecified atom stereocenters. The fourth-order valence-electron chi connectivity index (χ4n) is 1.70. The van der Waals surface area contributed by atoms with E-state index in [2.05, 4.69) is 10.6 Å². The van der Waals surface area contributed by atoms with E-state index in [-0.39, 0.29) is 24.5 Å². The number of amides is 2. The average Bonchev–Trinajstić information content (AvgIpc) is 2.64. The molecule has 2 N–H and O–H groups in total. The van der Waals surface area contributed by atoms with E-state index in [9.17, 15) is 9.59 Å². The van der Waals surface area contributed by atoms with Gasteiger partial charge < -0.3 is 0 Å². The molecular weight excluding hydrogens is 487 g/mol. The number of rotatable bonds is 16. The van der Waals surface area contributed by atoms with E-state index in [1.165, 1.54) is 0 Å². The Labute approximate surface area is 171 Å². The number of nitrogens with one attached hydrogen (secondary N) is 2. The number of carbonyl (C=O) groups excluding carboxylic acids is 2. The van der Waals surface area contributed by atoms with Crippen LogP contribution < -0.4 is 28.9 Å². The Kier molecular flexibility index (Phi) is 16.5. The number of halogens is 1. The molecule has 0 aromatic rings. The third-order valence-corrected chi connectivity index (χ3v) is 13.5. The van der Waals surface area contributed by atoms with Gasteiger partial charge in [0.2, 0.25) is 0 Å². The average molecular weight is 523 g/mol. The topological polar surface area (TPSA) is 95.1 Å². The summed E-state index contributed by atoms with van der Waals surface area (Å²) in [5.74, 6) is 0.435. The Bertz CT molecular complexity index is 400. The Morgan fingerprint density at radius 2 is 1.52 bits per heavy atom. The smallest absolute Gasteiger partial charge is 0.0646 e. The van der Waals surface area contributed by atoms with Gasteiger partial charge >= 0.3 is 152 Å². The molecule has 0 aliphatic rings. The fraction of sp³-hybridized carbons (Fsp3) is 0.882. The zero-order valence-electron chi connectivity index (χ0n) is 17.2. The molecule has 164 valence electrons. The monoisotopic (exact) mass is 523 g/mol. The Hall–Kier alpha value is -0.300. The normalized spacial score (nSPS) is 13.1. The molecule has 0 rings (SSSR count). The first-order valence-corrected chi connectivity index (χ1v) is 15.7. The molecule has 0 spiro atoms. The van der Waals surface area contributed by atoms with Gasteiger partial charge in [0.15, 0.2) is 0 Å². The van der Waals surface area contributed by atoms with Crippen molar-refractivity contribution in [2.45, 2.75) is 47.5 Å². The first-order chi connectivity index (χ1) is 12.9. The van der Waals surface area contributed by atoms with Crippen LogP contribution in [0.2, 0.25) is 0 Å². The second-order valence-corrected chi connectivity index (χ2v) is 14.5. The van der Waals surface area contributed by atoms with Crippen molar-refractivity contribution in [2.24, 2.45) is 5.92 Å². The van der Waals surface area contributed by atoms with Gasteiger partial charge in [0, 0.05) is 0 Å². The second kappa shape index (κ2) is 16.6. The predicted octanol–water partition coefficient (Wildman–Crippen LogP) is -0.0719. The van der Waals surface area contributed by atoms with Crippen molar-refractivity contribution in [3.05, 3.63) is 0 Å². The molecular formula is C17H36IN2O6S-. The van der Waals surface area contributed by atoms with Crippen molar-refractivity contribution in [1.82, 2.24) is 10.6 Å². The summed E-state index contributed by atoms with van der Waals surface area (Å²) >= 11 is -3.16. The number of esters is 1. The Balaban J connectivity index is 3.92. The van der Waals surface area contributed by atoms with E-state index in [4.69, 9.17) is 13.9 Å². The van der Waals surface area contributed by atoms with Gasteiger partial charge in [0.05, 0.1) is 0 Å². The van der Waals surface area contributed by atoms with Crippen LogP contribution in [0.5, 0.6) is 0 Å². The Morgan fingerprint density at radius 1 is 0.963 bits per heavy atom. The maximum absolute atomic E-state index is 11.7. The van der Waals surface area contributed by atoms with Crippen LogP contribution in [0.15, 0.2) is 0 Å². The van der Waals surface area contributed by atoms with Crippen LogP contribution in [-0.4, -0.2) is 57.3 Å². The van der Waals surface area contributed by atoms with Gasteiger partial charge in [0.25, 0.3) is 0 Å². The molecule has 0 aliphatic carbocycles. The van der Waals surface area contributed by atoms with Crippen molar-refractivity contribution in [3.8, 4) is 0 Å². The summed E-state index contributed by atoms with van der Waals surface area (Å²) < 4.78 is 22.5. The van der Waals surface area contributed by atoms with Crippen molar-refractivity contribution >= 4 is 20.9 Å². The van der Waals surface area contributed by atoms with Crippen LogP contribution in [0.1, 0.15) is 47.5 Å². The summed E-state index contributed by atoms with van der Waals surface area (Å²) in [7, 11) is 1.61. The van der Waals surface area contributed by atoms with Crippen LogP contribution in [-0.2, 0) is 18.7 Å². The summed E-state index contributed by atoms with van der Waals surface area (Å²) in [6.07, 6.45) is 1.52. The molecule has 0 aromatic heterocycles. The van der Waals surface area contributed by atoms with Gasteiger partial charge in [-0.3, -0.25) is 0 Å². The van der Waals surface area contributed by atoms with E-state index in [1.54, 1.807) is 8.93 Å². The number of ether oxygens (including phenoxy) is 1. The van der Waals surface area contributed by atoms with Gasteiger partial charge in [-0.05, 0) is 6.42 Å². The quantitative estimate of drug-likeness (QED) is 0.166. The van der Waals surface area contributed by atoms with Crippen molar-refractivity contribution in [3.63, 3.8) is 0 Å². The second-order valence-electron chi connectivity index (χ2n) is 5.40. The van der Waals surface area contributed by atoms with Crippen molar-refractivity contribution < 1.29 is 41.8 Å². The van der Waals surface area contributed by atoms with Gasteiger partial charge in [-0.25, -0.2) is 0 Å². The van der Waals surface area contributed by atoms with E-state index >= 15 is 0 Å². The Morgan fingerprint density at radius 3 is 2.04 bits per heavy atom. The standard InChI is InChI=1S/C17H36IN2O6S/c1-6-15(5)16(21)23-13-12-20-17(22)19-11-10-14-27-18(24-7-2,25-8-3)26-9-4/h15H,6-14H2,1-5H3,(H2,19,20,22)/q-1. The van der Waals surface area contributed by atoms with E-state index in [0.717, 1.165) is 18.6 Å². The van der Waals surface area contributed by atoms with Crippen LogP contribution >= 0.6 is 8.93 Å². The molecule has 27 heavy (non-hydrogen) atoms. The molecule has 0 saturated heterocycles. The summed E-state index contributed by atoms with van der Waals surface area (Å²) in [6, 6.07) is -0.272. The summed E-state index contributed by atoms with van der Waals surface area (Å²) in [5, 5.41) is 5.45. The maximum atomic E-state index is 11.7. The predicted molar refractivity (Wildman–Crippen MR) is 104 cm³/mol. The van der Waals surface area contributed by atoms with Crippen LogP contribution in [0.25, 0.3) is 0 Å². The molecule has 0 radical (unpaired) electrons. The molecule has 2 amide bonds. The molecule has 0 heterocycles. The summed E-state index contributed by atoms with van der Waals surface area (Å²) in [6.45, 7) is 12.2. The minimum atomic E-state index is -3.16. The molecule has 0 fully saturated rings.